The second-order valence-electron chi connectivity index (χ2n) is 4.94. The number of aliphatic hydroxyl groups is 1. The number of carboxylic acids is 1. The lowest BCUT2D eigenvalue weighted by Gasteiger charge is -2.10. The second-order valence-corrected chi connectivity index (χ2v) is 4.94. The van der Waals surface area contributed by atoms with E-state index in [9.17, 15) is 19.2 Å². The number of hydrogen-bond acceptors (Lipinski definition) is 7. The molecule has 0 aromatic rings. The fourth-order valence-corrected chi connectivity index (χ4v) is 0.716. The van der Waals surface area contributed by atoms with Crippen LogP contribution >= 0.6 is 0 Å². The molecule has 0 aromatic carbocycles. The molecule has 128 valence electrons. The lowest BCUT2D eigenvalue weighted by Crippen LogP contribution is -2.27. The van der Waals surface area contributed by atoms with E-state index in [0.717, 1.165) is 0 Å². The Labute approximate surface area is 129 Å². The van der Waals surface area contributed by atoms with E-state index < -0.39 is 36.2 Å². The van der Waals surface area contributed by atoms with E-state index in [-0.39, 0.29) is 11.7 Å². The van der Waals surface area contributed by atoms with Gasteiger partial charge in [-0.3, -0.25) is 9.59 Å². The minimum Gasteiger partial charge on any atom is -0.479 e. The Kier molecular flexibility index (Phi) is 10.9. The summed E-state index contributed by atoms with van der Waals surface area (Å²) in [4.78, 5) is 42.1. The predicted molar refractivity (Wildman–Crippen MR) is 75.9 cm³/mol. The van der Waals surface area contributed by atoms with Crippen molar-refractivity contribution in [2.45, 2.75) is 59.9 Å². The van der Waals surface area contributed by atoms with Crippen LogP contribution in [0.1, 0.15) is 41.5 Å². The smallest absolute Gasteiger partial charge is 0.344 e. The molecule has 0 amide bonds. The summed E-state index contributed by atoms with van der Waals surface area (Å²) in [7, 11) is 0. The van der Waals surface area contributed by atoms with Gasteiger partial charge in [0.15, 0.2) is 18.0 Å². The van der Waals surface area contributed by atoms with Gasteiger partial charge in [0.05, 0.1) is 5.92 Å². The molecule has 0 heterocycles. The van der Waals surface area contributed by atoms with E-state index in [2.05, 4.69) is 9.47 Å². The summed E-state index contributed by atoms with van der Waals surface area (Å²) in [6.45, 7) is 8.69. The highest BCUT2D eigenvalue weighted by molar-refractivity contribution is 5.84. The van der Waals surface area contributed by atoms with Crippen LogP contribution in [0.25, 0.3) is 0 Å². The molecule has 8 heteroatoms. The van der Waals surface area contributed by atoms with Gasteiger partial charge in [0.2, 0.25) is 0 Å². The third kappa shape index (κ3) is 10.8. The summed E-state index contributed by atoms with van der Waals surface area (Å²) >= 11 is 0. The second kappa shape index (κ2) is 10.7. The van der Waals surface area contributed by atoms with Gasteiger partial charge in [-0.05, 0) is 27.7 Å². The molecular formula is C14H24O8. The molecule has 0 bridgehead atoms. The molecule has 0 aliphatic carbocycles. The highest BCUT2D eigenvalue weighted by Gasteiger charge is 2.18. The van der Waals surface area contributed by atoms with E-state index in [1.54, 1.807) is 13.8 Å². The summed E-state index contributed by atoms with van der Waals surface area (Å²) in [5.41, 5.74) is 0. The molecule has 0 rings (SSSR count). The highest BCUT2D eigenvalue weighted by Crippen LogP contribution is 2.00. The van der Waals surface area contributed by atoms with Crippen LogP contribution in [-0.2, 0) is 28.7 Å². The molecule has 0 aliphatic heterocycles. The van der Waals surface area contributed by atoms with Crippen molar-refractivity contribution in [3.05, 3.63) is 0 Å². The molecule has 0 spiro atoms. The van der Waals surface area contributed by atoms with Gasteiger partial charge < -0.3 is 19.7 Å². The van der Waals surface area contributed by atoms with Gasteiger partial charge >= 0.3 is 17.9 Å². The number of carbonyl (C=O) groups excluding carboxylic acids is 3. The van der Waals surface area contributed by atoms with Crippen molar-refractivity contribution < 1.29 is 38.9 Å². The Morgan fingerprint density at radius 3 is 1.50 bits per heavy atom. The Morgan fingerprint density at radius 1 is 0.818 bits per heavy atom. The third-order valence-electron chi connectivity index (χ3n) is 2.32. The first kappa shape index (κ1) is 22.3. The van der Waals surface area contributed by atoms with Crippen molar-refractivity contribution in [3.8, 4) is 0 Å². The molecule has 0 aliphatic rings. The summed E-state index contributed by atoms with van der Waals surface area (Å²) in [5, 5.41) is 17.0. The number of Topliss-reactive ketones (excluding diaryl/α,β-unsaturated/α-hetero) is 1. The van der Waals surface area contributed by atoms with Crippen molar-refractivity contribution >= 4 is 23.7 Å². The average Bonchev–Trinajstić information content (AvgIpc) is 2.38. The van der Waals surface area contributed by atoms with Crippen LogP contribution in [0.5, 0.6) is 0 Å². The monoisotopic (exact) mass is 320 g/mol. The number of ketones is 1. The third-order valence-corrected chi connectivity index (χ3v) is 2.32. The van der Waals surface area contributed by atoms with E-state index >= 15 is 0 Å². The van der Waals surface area contributed by atoms with Gasteiger partial charge in [-0.1, -0.05) is 13.8 Å². The molecule has 3 unspecified atom stereocenters. The number of hydrogen-bond donors (Lipinski definition) is 2. The van der Waals surface area contributed by atoms with E-state index in [0.29, 0.717) is 0 Å². The molecule has 0 saturated heterocycles. The first-order valence-electron chi connectivity index (χ1n) is 6.72. The summed E-state index contributed by atoms with van der Waals surface area (Å²) in [5.74, 6) is -2.90. The molecule has 0 aromatic heterocycles. The first-order valence-corrected chi connectivity index (χ1v) is 6.72. The van der Waals surface area contributed by atoms with Gasteiger partial charge in [-0.2, -0.15) is 0 Å². The number of carbonyl (C=O) groups is 4. The normalized spacial score (nSPS) is 14.0. The van der Waals surface area contributed by atoms with Gasteiger partial charge in [0.1, 0.15) is 6.10 Å². The highest BCUT2D eigenvalue weighted by atomic mass is 16.6. The SMILES string of the molecule is CC(=O)C(C)OC(=O)C(C)O.CC(C)C(=O)OC(C)C(=O)O. The number of carboxylic acid groups (broad SMARTS) is 1. The number of ether oxygens (including phenoxy) is 2. The van der Waals surface area contributed by atoms with Crippen LogP contribution in [0.2, 0.25) is 0 Å². The number of esters is 2. The van der Waals surface area contributed by atoms with E-state index in [1.807, 2.05) is 0 Å². The molecular weight excluding hydrogens is 296 g/mol. The van der Waals surface area contributed by atoms with E-state index in [4.69, 9.17) is 10.2 Å². The summed E-state index contributed by atoms with van der Waals surface area (Å²) in [6, 6.07) is 0. The van der Waals surface area contributed by atoms with Crippen LogP contribution in [0, 0.1) is 5.92 Å². The van der Waals surface area contributed by atoms with Crippen molar-refractivity contribution in [2.24, 2.45) is 5.92 Å². The van der Waals surface area contributed by atoms with Crippen LogP contribution in [0.15, 0.2) is 0 Å². The van der Waals surface area contributed by atoms with Gasteiger partial charge in [0, 0.05) is 0 Å². The topological polar surface area (TPSA) is 127 Å². The van der Waals surface area contributed by atoms with Crippen LogP contribution in [-0.4, -0.2) is 52.2 Å². The minimum atomic E-state index is -1.17. The minimum absolute atomic E-state index is 0.237. The van der Waals surface area contributed by atoms with Crippen LogP contribution in [0.4, 0.5) is 0 Å². The fraction of sp³-hybridized carbons (Fsp3) is 0.714. The maximum absolute atomic E-state index is 10.8. The van der Waals surface area contributed by atoms with Gasteiger partial charge in [-0.15, -0.1) is 0 Å². The lowest BCUT2D eigenvalue weighted by atomic mass is 10.2. The largest absolute Gasteiger partial charge is 0.479 e. The summed E-state index contributed by atoms with van der Waals surface area (Å²) < 4.78 is 9.07. The maximum atomic E-state index is 10.8. The fourth-order valence-electron chi connectivity index (χ4n) is 0.716. The number of rotatable bonds is 6. The molecule has 0 radical (unpaired) electrons. The quantitative estimate of drug-likeness (QED) is 0.679. The Bertz CT molecular complexity index is 362. The van der Waals surface area contributed by atoms with Crippen molar-refractivity contribution in [1.82, 2.24) is 0 Å². The van der Waals surface area contributed by atoms with Gasteiger partial charge in [-0.25, -0.2) is 9.59 Å². The van der Waals surface area contributed by atoms with Crippen LogP contribution in [0.3, 0.4) is 0 Å². The Balaban J connectivity index is 0. The Hall–Kier alpha value is -1.96. The zero-order valence-electron chi connectivity index (χ0n) is 13.7. The zero-order valence-corrected chi connectivity index (χ0v) is 13.7. The standard InChI is InChI=1S/2C7H12O4/c1-4(8)6(3)11-7(10)5(2)9;1-4(2)7(10)11-5(3)6(8)9/h5-6,9H,1-3H3;4-5H,1-3H3,(H,8,9). The zero-order chi connectivity index (χ0) is 18.0. The number of aliphatic hydroxyl groups excluding tert-OH is 1. The molecule has 22 heavy (non-hydrogen) atoms. The van der Waals surface area contributed by atoms with Crippen molar-refractivity contribution in [2.75, 3.05) is 0 Å². The predicted octanol–water partition coefficient (Wildman–Crippen LogP) is 0.547. The summed E-state index contributed by atoms with van der Waals surface area (Å²) in [6.07, 6.45) is -2.99. The van der Waals surface area contributed by atoms with Crippen LogP contribution < -0.4 is 0 Å². The molecule has 8 nitrogen and oxygen atoms in total. The van der Waals surface area contributed by atoms with Crippen molar-refractivity contribution in [3.63, 3.8) is 0 Å². The average molecular weight is 320 g/mol. The molecule has 0 saturated carbocycles. The molecule has 3 atom stereocenters. The Morgan fingerprint density at radius 2 is 1.23 bits per heavy atom. The van der Waals surface area contributed by atoms with Gasteiger partial charge in [0.25, 0.3) is 0 Å². The molecule has 0 fully saturated rings. The van der Waals surface area contributed by atoms with E-state index in [1.165, 1.54) is 27.7 Å². The maximum Gasteiger partial charge on any atom is 0.344 e. The lowest BCUT2D eigenvalue weighted by molar-refractivity contribution is -0.164. The van der Waals surface area contributed by atoms with Crippen molar-refractivity contribution in [1.29, 1.82) is 0 Å². The number of aliphatic carboxylic acids is 1. The first-order chi connectivity index (χ1) is 9.89. The molecule has 2 N–H and O–H groups in total.